The van der Waals surface area contributed by atoms with E-state index in [4.69, 9.17) is 4.74 Å². The summed E-state index contributed by atoms with van der Waals surface area (Å²) in [6.07, 6.45) is 1.83. The van der Waals surface area contributed by atoms with Crippen LogP contribution in [0.2, 0.25) is 0 Å². The number of hydrogen-bond acceptors (Lipinski definition) is 3. The summed E-state index contributed by atoms with van der Waals surface area (Å²) in [5.41, 5.74) is 4.38. The van der Waals surface area contributed by atoms with Crippen molar-refractivity contribution in [1.82, 2.24) is 9.97 Å². The van der Waals surface area contributed by atoms with Crippen LogP contribution < -0.4 is 10.1 Å². The average Bonchev–Trinajstić information content (AvgIpc) is 2.77. The van der Waals surface area contributed by atoms with Crippen molar-refractivity contribution in [2.75, 3.05) is 19.5 Å². The van der Waals surface area contributed by atoms with Crippen LogP contribution in [0.25, 0.3) is 11.3 Å². The molecule has 1 heterocycles. The zero-order valence-electron chi connectivity index (χ0n) is 10.6. The van der Waals surface area contributed by atoms with Gasteiger partial charge in [-0.3, -0.25) is 0 Å². The number of nitrogens with one attached hydrogen (secondary N) is 2. The molecule has 4 heteroatoms. The van der Waals surface area contributed by atoms with Gasteiger partial charge in [-0.25, -0.2) is 4.98 Å². The minimum Gasteiger partial charge on any atom is -0.496 e. The molecule has 4 nitrogen and oxygen atoms in total. The van der Waals surface area contributed by atoms with Gasteiger partial charge >= 0.3 is 0 Å². The van der Waals surface area contributed by atoms with E-state index in [9.17, 15) is 0 Å². The summed E-state index contributed by atoms with van der Waals surface area (Å²) in [6.45, 7) is 4.09. The minimum atomic E-state index is 0.770. The van der Waals surface area contributed by atoms with Crippen LogP contribution in [-0.4, -0.2) is 24.1 Å². The number of nitrogens with zero attached hydrogens (tertiary/aromatic N) is 1. The van der Waals surface area contributed by atoms with Crippen molar-refractivity contribution in [3.63, 3.8) is 0 Å². The van der Waals surface area contributed by atoms with Gasteiger partial charge in [0.1, 0.15) is 5.75 Å². The maximum absolute atomic E-state index is 5.35. The number of anilines is 1. The number of rotatable bonds is 3. The van der Waals surface area contributed by atoms with Crippen molar-refractivity contribution in [2.45, 2.75) is 13.8 Å². The van der Waals surface area contributed by atoms with E-state index >= 15 is 0 Å². The van der Waals surface area contributed by atoms with Crippen LogP contribution in [0.15, 0.2) is 18.3 Å². The number of methoxy groups -OCH3 is 1. The highest BCUT2D eigenvalue weighted by Gasteiger charge is 2.08. The van der Waals surface area contributed by atoms with Gasteiger partial charge in [0.15, 0.2) is 5.95 Å². The third kappa shape index (κ3) is 2.11. The number of ether oxygens (including phenoxy) is 1. The van der Waals surface area contributed by atoms with Gasteiger partial charge in [0.25, 0.3) is 0 Å². The van der Waals surface area contributed by atoms with Gasteiger partial charge in [0.05, 0.1) is 19.0 Å². The normalized spacial score (nSPS) is 10.4. The summed E-state index contributed by atoms with van der Waals surface area (Å²) in [7, 11) is 3.54. The predicted molar refractivity (Wildman–Crippen MR) is 69.6 cm³/mol. The monoisotopic (exact) mass is 231 g/mol. The minimum absolute atomic E-state index is 0.770. The molecule has 0 unspecified atom stereocenters. The van der Waals surface area contributed by atoms with E-state index in [2.05, 4.69) is 27.4 Å². The molecule has 2 rings (SSSR count). The Labute approximate surface area is 101 Å². The molecule has 0 aliphatic carbocycles. The number of imidazole rings is 1. The number of benzene rings is 1. The zero-order valence-corrected chi connectivity index (χ0v) is 10.6. The molecule has 1 aromatic heterocycles. The molecular formula is C13H17N3O. The van der Waals surface area contributed by atoms with E-state index in [1.807, 2.05) is 27.1 Å². The lowest BCUT2D eigenvalue weighted by Crippen LogP contribution is -1.92. The fourth-order valence-corrected chi connectivity index (χ4v) is 2.02. The molecule has 0 radical (unpaired) electrons. The fourth-order valence-electron chi connectivity index (χ4n) is 2.02. The smallest absolute Gasteiger partial charge is 0.200 e. The average molecular weight is 231 g/mol. The van der Waals surface area contributed by atoms with Crippen molar-refractivity contribution in [1.29, 1.82) is 0 Å². The van der Waals surface area contributed by atoms with Crippen LogP contribution in [0.5, 0.6) is 5.75 Å². The van der Waals surface area contributed by atoms with Crippen molar-refractivity contribution in [2.24, 2.45) is 0 Å². The van der Waals surface area contributed by atoms with Crippen LogP contribution >= 0.6 is 0 Å². The van der Waals surface area contributed by atoms with E-state index < -0.39 is 0 Å². The quantitative estimate of drug-likeness (QED) is 0.854. The summed E-state index contributed by atoms with van der Waals surface area (Å²) in [5, 5.41) is 2.98. The highest BCUT2D eigenvalue weighted by atomic mass is 16.5. The Morgan fingerprint density at radius 2 is 1.88 bits per heavy atom. The summed E-state index contributed by atoms with van der Waals surface area (Å²) in [4.78, 5) is 7.42. The highest BCUT2D eigenvalue weighted by molar-refractivity contribution is 5.65. The summed E-state index contributed by atoms with van der Waals surface area (Å²) < 4.78 is 5.35. The second kappa shape index (κ2) is 4.49. The molecule has 0 spiro atoms. The first-order valence-corrected chi connectivity index (χ1v) is 5.54. The fraction of sp³-hybridized carbons (Fsp3) is 0.308. The van der Waals surface area contributed by atoms with Crippen LogP contribution in [0, 0.1) is 13.8 Å². The van der Waals surface area contributed by atoms with Crippen LogP contribution in [0.4, 0.5) is 5.95 Å². The second-order valence-corrected chi connectivity index (χ2v) is 4.04. The summed E-state index contributed by atoms with van der Waals surface area (Å²) in [5.74, 6) is 1.72. The molecule has 0 aliphatic rings. The molecule has 90 valence electrons. The van der Waals surface area contributed by atoms with Crippen LogP contribution in [-0.2, 0) is 0 Å². The number of hydrogen-bond donors (Lipinski definition) is 2. The second-order valence-electron chi connectivity index (χ2n) is 4.04. The molecule has 0 aliphatic heterocycles. The molecule has 0 saturated heterocycles. The molecule has 0 fully saturated rings. The predicted octanol–water partition coefficient (Wildman–Crippen LogP) is 2.74. The highest BCUT2D eigenvalue weighted by Crippen LogP contribution is 2.29. The molecule has 2 aromatic rings. The van der Waals surface area contributed by atoms with Gasteiger partial charge in [-0.2, -0.15) is 0 Å². The van der Waals surface area contributed by atoms with Gasteiger partial charge in [-0.1, -0.05) is 0 Å². The first kappa shape index (κ1) is 11.5. The van der Waals surface area contributed by atoms with E-state index in [0.29, 0.717) is 0 Å². The third-order valence-electron chi connectivity index (χ3n) is 2.79. The Hall–Kier alpha value is -1.97. The van der Waals surface area contributed by atoms with Crippen molar-refractivity contribution in [3.05, 3.63) is 29.5 Å². The zero-order chi connectivity index (χ0) is 12.4. The summed E-state index contributed by atoms with van der Waals surface area (Å²) in [6, 6.07) is 4.19. The molecule has 0 atom stereocenters. The lowest BCUT2D eigenvalue weighted by atomic mass is 10.0. The van der Waals surface area contributed by atoms with Gasteiger partial charge < -0.3 is 15.0 Å². The largest absolute Gasteiger partial charge is 0.496 e. The molecule has 2 N–H and O–H groups in total. The number of aryl methyl sites for hydroxylation is 2. The number of H-pyrrole nitrogens is 1. The van der Waals surface area contributed by atoms with Crippen LogP contribution in [0.3, 0.4) is 0 Å². The summed E-state index contributed by atoms with van der Waals surface area (Å²) >= 11 is 0. The SMILES string of the molecule is CNc1ncc(-c2cc(C)c(OC)c(C)c2)[nH]1. The van der Waals surface area contributed by atoms with Crippen molar-refractivity contribution in [3.8, 4) is 17.0 Å². The maximum atomic E-state index is 5.35. The van der Waals surface area contributed by atoms with Gasteiger partial charge in [-0.05, 0) is 37.1 Å². The molecule has 1 aromatic carbocycles. The van der Waals surface area contributed by atoms with Crippen molar-refractivity contribution >= 4 is 5.95 Å². The van der Waals surface area contributed by atoms with E-state index in [1.54, 1.807) is 7.11 Å². The molecule has 0 bridgehead atoms. The maximum Gasteiger partial charge on any atom is 0.200 e. The third-order valence-corrected chi connectivity index (χ3v) is 2.79. The van der Waals surface area contributed by atoms with E-state index in [-0.39, 0.29) is 0 Å². The standard InChI is InChI=1S/C13H17N3O/c1-8-5-10(6-9(2)12(8)17-4)11-7-15-13(14-3)16-11/h5-7H,1-4H3,(H2,14,15,16). The Kier molecular flexibility index (Phi) is 3.04. The van der Waals surface area contributed by atoms with Crippen molar-refractivity contribution < 1.29 is 4.74 Å². The molecule has 17 heavy (non-hydrogen) atoms. The Morgan fingerprint density at radius 1 is 1.24 bits per heavy atom. The molecular weight excluding hydrogens is 214 g/mol. The molecule has 0 amide bonds. The lowest BCUT2D eigenvalue weighted by molar-refractivity contribution is 0.408. The van der Waals surface area contributed by atoms with E-state index in [0.717, 1.165) is 34.1 Å². The Bertz CT molecular complexity index is 508. The Balaban J connectivity index is 2.46. The van der Waals surface area contributed by atoms with Crippen LogP contribution in [0.1, 0.15) is 11.1 Å². The topological polar surface area (TPSA) is 49.9 Å². The van der Waals surface area contributed by atoms with Gasteiger partial charge in [0, 0.05) is 12.6 Å². The van der Waals surface area contributed by atoms with E-state index in [1.165, 1.54) is 0 Å². The number of aromatic nitrogens is 2. The van der Waals surface area contributed by atoms with Gasteiger partial charge in [-0.15, -0.1) is 0 Å². The lowest BCUT2D eigenvalue weighted by Gasteiger charge is -2.10. The van der Waals surface area contributed by atoms with Gasteiger partial charge in [0.2, 0.25) is 0 Å². The first-order chi connectivity index (χ1) is 8.15. The first-order valence-electron chi connectivity index (χ1n) is 5.54. The molecule has 0 saturated carbocycles. The number of aromatic amines is 1. The Morgan fingerprint density at radius 3 is 2.35 bits per heavy atom.